The number of anilines is 1. The topological polar surface area (TPSA) is 39.1 Å². The lowest BCUT2D eigenvalue weighted by atomic mass is 9.83. The fourth-order valence-electron chi connectivity index (χ4n) is 2.82. The third kappa shape index (κ3) is 4.23. The van der Waals surface area contributed by atoms with Gasteiger partial charge in [-0.15, -0.1) is 0 Å². The van der Waals surface area contributed by atoms with Crippen LogP contribution in [0.4, 0.5) is 5.95 Å². The summed E-state index contributed by atoms with van der Waals surface area (Å²) in [6.45, 7) is 6.95. The molecule has 1 heterocycles. The second kappa shape index (κ2) is 6.94. The number of hydrogen-bond acceptors (Lipinski definition) is 3. The maximum absolute atomic E-state index is 5.39. The first-order chi connectivity index (χ1) is 9.23. The minimum atomic E-state index is 0.223. The average molecular weight is 265 g/mol. The standard InChI is InChI=1S/C15H27N3O/c1-3-19-13-7-11-18-12-10-16-14(18)17-15(2)8-5-4-6-9-15/h10,12H,3-9,11,13H2,1-2H3,(H,16,17). The van der Waals surface area contributed by atoms with Gasteiger partial charge in [-0.25, -0.2) is 4.98 Å². The minimum Gasteiger partial charge on any atom is -0.382 e. The van der Waals surface area contributed by atoms with Crippen molar-refractivity contribution in [3.8, 4) is 0 Å². The molecule has 0 aromatic carbocycles. The molecular weight excluding hydrogens is 238 g/mol. The third-order valence-corrected chi connectivity index (χ3v) is 3.98. The Labute approximate surface area is 116 Å². The van der Waals surface area contributed by atoms with Gasteiger partial charge < -0.3 is 14.6 Å². The van der Waals surface area contributed by atoms with Gasteiger partial charge in [-0.05, 0) is 33.1 Å². The molecule has 108 valence electrons. The van der Waals surface area contributed by atoms with Crippen molar-refractivity contribution < 1.29 is 4.74 Å². The third-order valence-electron chi connectivity index (χ3n) is 3.98. The zero-order valence-corrected chi connectivity index (χ0v) is 12.3. The Morgan fingerprint density at radius 3 is 2.89 bits per heavy atom. The Morgan fingerprint density at radius 2 is 2.16 bits per heavy atom. The normalized spacial score (nSPS) is 18.4. The van der Waals surface area contributed by atoms with Crippen LogP contribution >= 0.6 is 0 Å². The van der Waals surface area contributed by atoms with Crippen molar-refractivity contribution in [2.45, 2.75) is 64.5 Å². The molecule has 0 bridgehead atoms. The number of aryl methyl sites for hydroxylation is 1. The van der Waals surface area contributed by atoms with Crippen LogP contribution in [0.3, 0.4) is 0 Å². The fraction of sp³-hybridized carbons (Fsp3) is 0.800. The van der Waals surface area contributed by atoms with Gasteiger partial charge in [-0.2, -0.15) is 0 Å². The molecule has 0 atom stereocenters. The molecule has 4 heteroatoms. The largest absolute Gasteiger partial charge is 0.382 e. The monoisotopic (exact) mass is 265 g/mol. The molecule has 1 N–H and O–H groups in total. The van der Waals surface area contributed by atoms with Gasteiger partial charge in [0.25, 0.3) is 0 Å². The van der Waals surface area contributed by atoms with E-state index in [1.54, 1.807) is 0 Å². The highest BCUT2D eigenvalue weighted by molar-refractivity contribution is 5.30. The molecule has 1 fully saturated rings. The van der Waals surface area contributed by atoms with Gasteiger partial charge >= 0.3 is 0 Å². The Balaban J connectivity index is 1.87. The summed E-state index contributed by atoms with van der Waals surface area (Å²) in [7, 11) is 0. The summed E-state index contributed by atoms with van der Waals surface area (Å²) >= 11 is 0. The van der Waals surface area contributed by atoms with E-state index in [0.717, 1.165) is 32.1 Å². The van der Waals surface area contributed by atoms with Crippen LogP contribution in [0.25, 0.3) is 0 Å². The molecule has 0 spiro atoms. The second-order valence-electron chi connectivity index (χ2n) is 5.74. The van der Waals surface area contributed by atoms with Crippen molar-refractivity contribution in [3.63, 3.8) is 0 Å². The van der Waals surface area contributed by atoms with E-state index in [9.17, 15) is 0 Å². The van der Waals surface area contributed by atoms with E-state index >= 15 is 0 Å². The first-order valence-electron chi connectivity index (χ1n) is 7.60. The fourth-order valence-corrected chi connectivity index (χ4v) is 2.82. The maximum Gasteiger partial charge on any atom is 0.203 e. The quantitative estimate of drug-likeness (QED) is 0.768. The smallest absolute Gasteiger partial charge is 0.203 e. The van der Waals surface area contributed by atoms with Crippen LogP contribution in [-0.2, 0) is 11.3 Å². The van der Waals surface area contributed by atoms with Crippen molar-refractivity contribution in [2.75, 3.05) is 18.5 Å². The van der Waals surface area contributed by atoms with E-state index in [1.165, 1.54) is 32.1 Å². The predicted octanol–water partition coefficient (Wildman–Crippen LogP) is 3.44. The van der Waals surface area contributed by atoms with Crippen LogP contribution < -0.4 is 5.32 Å². The lowest BCUT2D eigenvalue weighted by molar-refractivity contribution is 0.141. The van der Waals surface area contributed by atoms with Crippen LogP contribution in [0.2, 0.25) is 0 Å². The molecular formula is C15H27N3O. The van der Waals surface area contributed by atoms with Crippen LogP contribution in [0.15, 0.2) is 12.4 Å². The molecule has 19 heavy (non-hydrogen) atoms. The van der Waals surface area contributed by atoms with E-state index in [-0.39, 0.29) is 5.54 Å². The van der Waals surface area contributed by atoms with Gasteiger partial charge in [0.1, 0.15) is 0 Å². The second-order valence-corrected chi connectivity index (χ2v) is 5.74. The van der Waals surface area contributed by atoms with Crippen LogP contribution in [-0.4, -0.2) is 28.3 Å². The zero-order chi connectivity index (χ0) is 13.6. The van der Waals surface area contributed by atoms with Crippen molar-refractivity contribution in [2.24, 2.45) is 0 Å². The molecule has 0 radical (unpaired) electrons. The molecule has 1 aliphatic rings. The van der Waals surface area contributed by atoms with Crippen LogP contribution in [0.1, 0.15) is 52.4 Å². The van der Waals surface area contributed by atoms with Crippen molar-refractivity contribution in [1.82, 2.24) is 9.55 Å². The Morgan fingerprint density at radius 1 is 1.37 bits per heavy atom. The molecule has 0 amide bonds. The summed E-state index contributed by atoms with van der Waals surface area (Å²) in [6, 6.07) is 0. The maximum atomic E-state index is 5.39. The van der Waals surface area contributed by atoms with Crippen LogP contribution in [0.5, 0.6) is 0 Å². The minimum absolute atomic E-state index is 0.223. The van der Waals surface area contributed by atoms with Crippen molar-refractivity contribution in [1.29, 1.82) is 0 Å². The van der Waals surface area contributed by atoms with Gasteiger partial charge in [0.05, 0.1) is 0 Å². The lowest BCUT2D eigenvalue weighted by Crippen LogP contribution is -2.37. The average Bonchev–Trinajstić information content (AvgIpc) is 2.82. The molecule has 1 aromatic rings. The number of imidazole rings is 1. The van der Waals surface area contributed by atoms with Crippen molar-refractivity contribution in [3.05, 3.63) is 12.4 Å². The molecule has 2 rings (SSSR count). The summed E-state index contributed by atoms with van der Waals surface area (Å²) in [5.41, 5.74) is 0.223. The molecule has 4 nitrogen and oxygen atoms in total. The number of nitrogens with zero attached hydrogens (tertiary/aromatic N) is 2. The number of rotatable bonds is 7. The van der Waals surface area contributed by atoms with Crippen LogP contribution in [0, 0.1) is 0 Å². The first-order valence-corrected chi connectivity index (χ1v) is 7.60. The van der Waals surface area contributed by atoms with E-state index in [1.807, 2.05) is 13.1 Å². The molecule has 1 aromatic heterocycles. The highest BCUT2D eigenvalue weighted by atomic mass is 16.5. The van der Waals surface area contributed by atoms with E-state index in [0.29, 0.717) is 0 Å². The molecule has 0 unspecified atom stereocenters. The van der Waals surface area contributed by atoms with E-state index < -0.39 is 0 Å². The number of nitrogens with one attached hydrogen (secondary N) is 1. The zero-order valence-electron chi connectivity index (χ0n) is 12.3. The number of hydrogen-bond donors (Lipinski definition) is 1. The number of aromatic nitrogens is 2. The highest BCUT2D eigenvalue weighted by Crippen LogP contribution is 2.30. The number of ether oxygens (including phenoxy) is 1. The highest BCUT2D eigenvalue weighted by Gasteiger charge is 2.27. The molecule has 0 aliphatic heterocycles. The molecule has 0 saturated heterocycles. The SMILES string of the molecule is CCOCCCn1ccnc1NC1(C)CCCCC1. The van der Waals surface area contributed by atoms with Gasteiger partial charge in [-0.1, -0.05) is 19.3 Å². The predicted molar refractivity (Wildman–Crippen MR) is 78.4 cm³/mol. The summed E-state index contributed by atoms with van der Waals surface area (Å²) in [5.74, 6) is 1.01. The van der Waals surface area contributed by atoms with E-state index in [2.05, 4.69) is 28.0 Å². The van der Waals surface area contributed by atoms with E-state index in [4.69, 9.17) is 4.74 Å². The lowest BCUT2D eigenvalue weighted by Gasteiger charge is -2.35. The van der Waals surface area contributed by atoms with Gasteiger partial charge in [0, 0.05) is 37.7 Å². The molecule has 1 saturated carbocycles. The summed E-state index contributed by atoms with van der Waals surface area (Å²) in [6.07, 6.45) is 11.5. The first kappa shape index (κ1) is 14.4. The Hall–Kier alpha value is -1.03. The van der Waals surface area contributed by atoms with Gasteiger partial charge in [0.2, 0.25) is 5.95 Å². The summed E-state index contributed by atoms with van der Waals surface area (Å²) in [5, 5.41) is 3.66. The van der Waals surface area contributed by atoms with Crippen molar-refractivity contribution >= 4 is 5.95 Å². The summed E-state index contributed by atoms with van der Waals surface area (Å²) in [4.78, 5) is 4.47. The Kier molecular flexibility index (Phi) is 5.25. The Bertz CT molecular complexity index is 369. The van der Waals surface area contributed by atoms with Gasteiger partial charge in [-0.3, -0.25) is 0 Å². The molecule has 1 aliphatic carbocycles. The van der Waals surface area contributed by atoms with Gasteiger partial charge in [0.15, 0.2) is 0 Å². The summed E-state index contributed by atoms with van der Waals surface area (Å²) < 4.78 is 7.59.